The van der Waals surface area contributed by atoms with E-state index in [1.165, 1.54) is 12.6 Å². The van der Waals surface area contributed by atoms with Crippen molar-refractivity contribution in [2.45, 2.75) is 39.0 Å². The van der Waals surface area contributed by atoms with Crippen LogP contribution in [0.1, 0.15) is 48.3 Å². The van der Waals surface area contributed by atoms with E-state index in [4.69, 9.17) is 0 Å². The number of nitrogens with one attached hydrogen (secondary N) is 1. The molecule has 1 saturated carbocycles. The molecular weight excluding hydrogens is 242 g/mol. The second kappa shape index (κ2) is 6.10. The van der Waals surface area contributed by atoms with E-state index in [1.54, 1.807) is 6.20 Å². The lowest BCUT2D eigenvalue weighted by molar-refractivity contribution is 0.0715. The first-order chi connectivity index (χ1) is 9.15. The molecule has 1 fully saturated rings. The molecule has 1 heterocycles. The lowest BCUT2D eigenvalue weighted by Crippen LogP contribution is -2.41. The van der Waals surface area contributed by atoms with Crippen LogP contribution >= 0.6 is 0 Å². The maximum atomic E-state index is 12.0. The van der Waals surface area contributed by atoms with Gasteiger partial charge in [0.2, 0.25) is 0 Å². The second-order valence-electron chi connectivity index (χ2n) is 5.44. The highest BCUT2D eigenvalue weighted by atomic mass is 16.3. The zero-order chi connectivity index (χ0) is 13.7. The first kappa shape index (κ1) is 13.9. The summed E-state index contributed by atoms with van der Waals surface area (Å²) in [7, 11) is 0. The number of carbonyl (C=O) groups is 1. The molecule has 0 bridgehead atoms. The Hall–Kier alpha value is -1.49. The number of hydrogen-bond donors (Lipinski definition) is 2. The van der Waals surface area contributed by atoms with E-state index in [0.29, 0.717) is 12.2 Å². The SMILES string of the molecule is Cc1cnc(C(=O)NCC2(CO)CCCCC2)cn1. The predicted molar refractivity (Wildman–Crippen MR) is 71.7 cm³/mol. The van der Waals surface area contributed by atoms with Crippen molar-refractivity contribution in [3.8, 4) is 0 Å². The number of rotatable bonds is 4. The van der Waals surface area contributed by atoms with Gasteiger partial charge < -0.3 is 10.4 Å². The first-order valence-corrected chi connectivity index (χ1v) is 6.83. The summed E-state index contributed by atoms with van der Waals surface area (Å²) >= 11 is 0. The van der Waals surface area contributed by atoms with Gasteiger partial charge in [-0.1, -0.05) is 19.3 Å². The van der Waals surface area contributed by atoms with Gasteiger partial charge in [0.25, 0.3) is 5.91 Å². The molecule has 1 aromatic heterocycles. The third kappa shape index (κ3) is 3.50. The summed E-state index contributed by atoms with van der Waals surface area (Å²) in [6.45, 7) is 2.47. The largest absolute Gasteiger partial charge is 0.396 e. The van der Waals surface area contributed by atoms with E-state index in [-0.39, 0.29) is 17.9 Å². The summed E-state index contributed by atoms with van der Waals surface area (Å²) < 4.78 is 0. The molecule has 0 aromatic carbocycles. The highest BCUT2D eigenvalue weighted by Crippen LogP contribution is 2.35. The van der Waals surface area contributed by atoms with Gasteiger partial charge in [0.05, 0.1) is 18.5 Å². The molecular formula is C14H21N3O2. The van der Waals surface area contributed by atoms with Crippen LogP contribution in [0.25, 0.3) is 0 Å². The molecule has 1 aliphatic carbocycles. The third-order valence-corrected chi connectivity index (χ3v) is 3.89. The van der Waals surface area contributed by atoms with Crippen LogP contribution in [-0.2, 0) is 0 Å². The van der Waals surface area contributed by atoms with Gasteiger partial charge in [0.15, 0.2) is 0 Å². The van der Waals surface area contributed by atoms with Gasteiger partial charge in [-0.3, -0.25) is 9.78 Å². The molecule has 2 rings (SSSR count). The molecule has 0 unspecified atom stereocenters. The van der Waals surface area contributed by atoms with Crippen LogP contribution in [0.3, 0.4) is 0 Å². The molecule has 1 aliphatic rings. The Bertz CT molecular complexity index is 425. The van der Waals surface area contributed by atoms with Crippen LogP contribution in [0.5, 0.6) is 0 Å². The molecule has 2 N–H and O–H groups in total. The third-order valence-electron chi connectivity index (χ3n) is 3.89. The fourth-order valence-corrected chi connectivity index (χ4v) is 2.56. The summed E-state index contributed by atoms with van der Waals surface area (Å²) in [4.78, 5) is 20.1. The van der Waals surface area contributed by atoms with Gasteiger partial charge in [0.1, 0.15) is 5.69 Å². The van der Waals surface area contributed by atoms with Crippen molar-refractivity contribution in [3.05, 3.63) is 23.8 Å². The minimum Gasteiger partial charge on any atom is -0.396 e. The van der Waals surface area contributed by atoms with E-state index in [9.17, 15) is 9.90 Å². The van der Waals surface area contributed by atoms with Crippen molar-refractivity contribution < 1.29 is 9.90 Å². The predicted octanol–water partition coefficient (Wildman–Crippen LogP) is 1.46. The smallest absolute Gasteiger partial charge is 0.271 e. The minimum absolute atomic E-state index is 0.132. The van der Waals surface area contributed by atoms with E-state index >= 15 is 0 Å². The zero-order valence-electron chi connectivity index (χ0n) is 11.4. The van der Waals surface area contributed by atoms with Crippen LogP contribution in [0.4, 0.5) is 0 Å². The van der Waals surface area contributed by atoms with Crippen molar-refractivity contribution in [2.75, 3.05) is 13.2 Å². The molecule has 0 radical (unpaired) electrons. The number of aromatic nitrogens is 2. The van der Waals surface area contributed by atoms with E-state index in [1.807, 2.05) is 6.92 Å². The summed E-state index contributed by atoms with van der Waals surface area (Å²) in [5, 5.41) is 12.5. The lowest BCUT2D eigenvalue weighted by atomic mass is 9.74. The summed E-state index contributed by atoms with van der Waals surface area (Å²) in [6, 6.07) is 0. The Morgan fingerprint density at radius 3 is 2.63 bits per heavy atom. The topological polar surface area (TPSA) is 75.1 Å². The van der Waals surface area contributed by atoms with Crippen molar-refractivity contribution in [2.24, 2.45) is 5.41 Å². The van der Waals surface area contributed by atoms with E-state index in [0.717, 1.165) is 31.4 Å². The first-order valence-electron chi connectivity index (χ1n) is 6.83. The Morgan fingerprint density at radius 2 is 2.05 bits per heavy atom. The van der Waals surface area contributed by atoms with Gasteiger partial charge in [-0.2, -0.15) is 0 Å². The molecule has 5 heteroatoms. The lowest BCUT2D eigenvalue weighted by Gasteiger charge is -2.35. The van der Waals surface area contributed by atoms with Crippen LogP contribution in [0.15, 0.2) is 12.4 Å². The Balaban J connectivity index is 1.93. The minimum atomic E-state index is -0.217. The molecule has 104 valence electrons. The van der Waals surface area contributed by atoms with Gasteiger partial charge >= 0.3 is 0 Å². The maximum Gasteiger partial charge on any atom is 0.271 e. The Morgan fingerprint density at radius 1 is 1.32 bits per heavy atom. The Labute approximate surface area is 113 Å². The molecule has 19 heavy (non-hydrogen) atoms. The van der Waals surface area contributed by atoms with Crippen molar-refractivity contribution in [3.63, 3.8) is 0 Å². The van der Waals surface area contributed by atoms with Crippen molar-refractivity contribution >= 4 is 5.91 Å². The maximum absolute atomic E-state index is 12.0. The standard InChI is InChI=1S/C14H21N3O2/c1-11-7-16-12(8-15-11)13(19)17-9-14(10-18)5-3-2-4-6-14/h7-8,18H,2-6,9-10H2,1H3,(H,17,19). The quantitative estimate of drug-likeness (QED) is 0.862. The average Bonchev–Trinajstić information content (AvgIpc) is 2.46. The monoisotopic (exact) mass is 263 g/mol. The molecule has 5 nitrogen and oxygen atoms in total. The van der Waals surface area contributed by atoms with Crippen LogP contribution in [0.2, 0.25) is 0 Å². The molecule has 0 saturated heterocycles. The normalized spacial score (nSPS) is 18.0. The van der Waals surface area contributed by atoms with Crippen LogP contribution < -0.4 is 5.32 Å². The van der Waals surface area contributed by atoms with Gasteiger partial charge in [-0.05, 0) is 19.8 Å². The van der Waals surface area contributed by atoms with Gasteiger partial charge in [-0.25, -0.2) is 4.98 Å². The fraction of sp³-hybridized carbons (Fsp3) is 0.643. The van der Waals surface area contributed by atoms with Crippen LogP contribution in [-0.4, -0.2) is 34.1 Å². The molecule has 0 aliphatic heterocycles. The van der Waals surface area contributed by atoms with E-state index < -0.39 is 0 Å². The zero-order valence-corrected chi connectivity index (χ0v) is 11.4. The molecule has 1 aromatic rings. The number of amides is 1. The molecule has 1 amide bonds. The van der Waals surface area contributed by atoms with E-state index in [2.05, 4.69) is 15.3 Å². The number of nitrogens with zero attached hydrogens (tertiary/aromatic N) is 2. The highest BCUT2D eigenvalue weighted by molar-refractivity contribution is 5.91. The van der Waals surface area contributed by atoms with Crippen molar-refractivity contribution in [1.29, 1.82) is 0 Å². The number of aliphatic hydroxyl groups excluding tert-OH is 1. The van der Waals surface area contributed by atoms with Crippen molar-refractivity contribution in [1.82, 2.24) is 15.3 Å². The molecule has 0 atom stereocenters. The summed E-state index contributed by atoms with van der Waals surface area (Å²) in [5.74, 6) is -0.217. The van der Waals surface area contributed by atoms with Gasteiger partial charge in [0, 0.05) is 18.2 Å². The summed E-state index contributed by atoms with van der Waals surface area (Å²) in [5.41, 5.74) is 0.969. The van der Waals surface area contributed by atoms with Gasteiger partial charge in [-0.15, -0.1) is 0 Å². The highest BCUT2D eigenvalue weighted by Gasteiger charge is 2.31. The number of aliphatic hydroxyl groups is 1. The number of aryl methyl sites for hydroxylation is 1. The molecule has 0 spiro atoms. The number of hydrogen-bond acceptors (Lipinski definition) is 4. The second-order valence-corrected chi connectivity index (χ2v) is 5.44. The Kier molecular flexibility index (Phi) is 4.47. The number of carbonyl (C=O) groups excluding carboxylic acids is 1. The average molecular weight is 263 g/mol. The fourth-order valence-electron chi connectivity index (χ4n) is 2.56. The summed E-state index contributed by atoms with van der Waals surface area (Å²) in [6.07, 6.45) is 8.49. The van der Waals surface area contributed by atoms with Crippen LogP contribution in [0, 0.1) is 12.3 Å².